The minimum Gasteiger partial charge on any atom is -0.369 e. The van der Waals surface area contributed by atoms with Crippen molar-refractivity contribution in [3.05, 3.63) is 29.8 Å². The zero-order valence-corrected chi connectivity index (χ0v) is 26.9. The summed E-state index contributed by atoms with van der Waals surface area (Å²) in [5.74, 6) is -0.416. The van der Waals surface area contributed by atoms with Crippen molar-refractivity contribution in [2.45, 2.75) is 36.9 Å². The normalized spacial score (nSPS) is 16.4. The molecule has 0 unspecified atom stereocenters. The van der Waals surface area contributed by atoms with Gasteiger partial charge >= 0.3 is 15.2 Å². The smallest absolute Gasteiger partial charge is 0.369 e. The lowest BCUT2D eigenvalue weighted by Gasteiger charge is -2.38. The zero-order chi connectivity index (χ0) is 32.6. The van der Waals surface area contributed by atoms with Crippen LogP contribution in [0.1, 0.15) is 18.9 Å². The highest BCUT2D eigenvalue weighted by Gasteiger charge is 2.59. The lowest BCUT2D eigenvalue weighted by atomic mass is 10.0. The first kappa shape index (κ1) is 37.6. The highest BCUT2D eigenvalue weighted by atomic mass is 35.5. The van der Waals surface area contributed by atoms with Crippen LogP contribution in [-0.4, -0.2) is 132 Å². The van der Waals surface area contributed by atoms with Gasteiger partial charge in [-0.1, -0.05) is 12.1 Å². The monoisotopic (exact) mass is 689 g/mol. The number of amides is 3. The van der Waals surface area contributed by atoms with Crippen LogP contribution in [0.2, 0.25) is 0 Å². The Bertz CT molecular complexity index is 1170. The largest absolute Gasteiger partial charge is 0.369 e. The van der Waals surface area contributed by atoms with Crippen molar-refractivity contribution in [1.82, 2.24) is 14.7 Å². The van der Waals surface area contributed by atoms with E-state index in [2.05, 4.69) is 0 Å². The number of halogens is 2. The van der Waals surface area contributed by atoms with Crippen LogP contribution in [-0.2, 0) is 29.9 Å². The number of aliphatic hydroxyl groups is 1. The van der Waals surface area contributed by atoms with Gasteiger partial charge in [0.25, 0.3) is 5.08 Å². The molecule has 2 atom stereocenters. The quantitative estimate of drug-likeness (QED) is 0.0749. The summed E-state index contributed by atoms with van der Waals surface area (Å²) in [6.45, 7) is 2.83. The summed E-state index contributed by atoms with van der Waals surface area (Å²) < 4.78 is 23.1. The van der Waals surface area contributed by atoms with E-state index in [9.17, 15) is 48.2 Å². The Kier molecular flexibility index (Phi) is 14.1. The number of rotatable bonds is 16. The Morgan fingerprint density at radius 1 is 1.02 bits per heavy atom. The van der Waals surface area contributed by atoms with Gasteiger partial charge in [0.1, 0.15) is 6.04 Å². The molecule has 7 N–H and O–H groups in total. The van der Waals surface area contributed by atoms with E-state index in [1.54, 1.807) is 17.0 Å². The van der Waals surface area contributed by atoms with Crippen LogP contribution in [0.15, 0.2) is 24.3 Å². The fraction of sp³-hybridized carbons (Fsp3) is 0.625. The van der Waals surface area contributed by atoms with E-state index in [0.29, 0.717) is 24.8 Å². The molecule has 1 saturated heterocycles. The van der Waals surface area contributed by atoms with Gasteiger partial charge in [-0.25, -0.2) is 0 Å². The number of hydrogen-bond acceptors (Lipinski definition) is 9. The molecule has 0 radical (unpaired) electrons. The van der Waals surface area contributed by atoms with Crippen LogP contribution < -0.4 is 10.6 Å². The highest BCUT2D eigenvalue weighted by Crippen LogP contribution is 2.68. The van der Waals surface area contributed by atoms with Crippen LogP contribution >= 0.6 is 38.4 Å². The molecule has 1 fully saturated rings. The van der Waals surface area contributed by atoms with Gasteiger partial charge in [-0.15, -0.1) is 23.2 Å². The number of hydrogen-bond donors (Lipinski definition) is 6. The summed E-state index contributed by atoms with van der Waals surface area (Å²) in [4.78, 5) is 81.0. The van der Waals surface area contributed by atoms with Gasteiger partial charge in [0.2, 0.25) is 18.2 Å². The second-order valence-electron chi connectivity index (χ2n) is 10.1. The maximum absolute atomic E-state index is 13.1. The molecule has 1 aliphatic heterocycles. The molecule has 0 bridgehead atoms. The molecule has 1 aromatic rings. The highest BCUT2D eigenvalue weighted by molar-refractivity contribution is 7.72. The first-order chi connectivity index (χ1) is 20.0. The van der Waals surface area contributed by atoms with E-state index in [1.807, 2.05) is 17.0 Å². The number of alkyl halides is 2. The van der Waals surface area contributed by atoms with Crippen LogP contribution in [0, 0.1) is 0 Å². The molecule has 1 aromatic carbocycles. The van der Waals surface area contributed by atoms with Crippen molar-refractivity contribution in [3.8, 4) is 0 Å². The summed E-state index contributed by atoms with van der Waals surface area (Å²) in [6, 6.07) is 5.04. The molecule has 19 heteroatoms. The predicted molar refractivity (Wildman–Crippen MR) is 161 cm³/mol. The van der Waals surface area contributed by atoms with Gasteiger partial charge in [0, 0.05) is 69.7 Å². The lowest BCUT2D eigenvalue weighted by molar-refractivity contribution is -0.151. The fourth-order valence-corrected chi connectivity index (χ4v) is 7.18. The summed E-state index contributed by atoms with van der Waals surface area (Å²) in [5, 5.41) is 6.54. The molecule has 3 amide bonds. The molecule has 0 saturated carbocycles. The van der Waals surface area contributed by atoms with Crippen molar-refractivity contribution in [3.63, 3.8) is 0 Å². The molecule has 1 heterocycles. The second kappa shape index (κ2) is 16.1. The van der Waals surface area contributed by atoms with Gasteiger partial charge in [-0.05, 0) is 31.0 Å². The van der Waals surface area contributed by atoms with Gasteiger partial charge in [0.05, 0.1) is 6.04 Å². The topological polar surface area (TPSA) is 225 Å². The number of piperazine rings is 1. The Hall–Kier alpha value is -1.61. The lowest BCUT2D eigenvalue weighted by Crippen LogP contribution is -2.57. The van der Waals surface area contributed by atoms with E-state index < -0.39 is 50.6 Å². The van der Waals surface area contributed by atoms with E-state index in [4.69, 9.17) is 28.9 Å². The maximum Gasteiger partial charge on any atom is 0.369 e. The number of nitrogens with two attached hydrogens (primary N) is 1. The van der Waals surface area contributed by atoms with Crippen molar-refractivity contribution in [1.29, 1.82) is 0 Å². The average Bonchev–Trinajstić information content (AvgIpc) is 2.95. The molecule has 0 aliphatic carbocycles. The van der Waals surface area contributed by atoms with Crippen LogP contribution in [0.4, 0.5) is 5.69 Å². The van der Waals surface area contributed by atoms with Crippen molar-refractivity contribution in [2.24, 2.45) is 5.73 Å². The standard InChI is InChI=1S/C24H39Cl2N5O10P2/c1-18(22(33)30-14-12-28(13-15-30)9-6-24(35,42(36,37)38)43(39,40)41)31(17-32)23(34)21(27)16-19-2-4-20(5-3-19)29(10-7-25)11-8-26/h2-5,17-18,21,35H,6-16,27H2,1H3,(H2,36,37,38)(H2,39,40,41)/t18-,21-/m0/s1. The van der Waals surface area contributed by atoms with E-state index in [1.165, 1.54) is 11.8 Å². The van der Waals surface area contributed by atoms with Gasteiger partial charge in [0.15, 0.2) is 0 Å². The fourth-order valence-electron chi connectivity index (χ4n) is 4.63. The Labute approximate surface area is 259 Å². The van der Waals surface area contributed by atoms with E-state index >= 15 is 0 Å². The van der Waals surface area contributed by atoms with Crippen molar-refractivity contribution >= 4 is 62.3 Å². The number of benzene rings is 1. The number of anilines is 1. The summed E-state index contributed by atoms with van der Waals surface area (Å²) in [5.41, 5.74) is 7.77. The number of carbonyl (C=O) groups is 3. The maximum atomic E-state index is 13.1. The molecule has 15 nitrogen and oxygen atoms in total. The molecule has 2 rings (SSSR count). The summed E-state index contributed by atoms with van der Waals surface area (Å²) in [7, 11) is -11.1. The van der Waals surface area contributed by atoms with Crippen molar-refractivity contribution in [2.75, 3.05) is 62.5 Å². The Balaban J connectivity index is 1.96. The third-order valence-corrected chi connectivity index (χ3v) is 11.5. The first-order valence-corrected chi connectivity index (χ1v) is 17.6. The van der Waals surface area contributed by atoms with Crippen LogP contribution in [0.25, 0.3) is 0 Å². The SMILES string of the molecule is C[C@@H](C(=O)N1CCN(CCC(O)(P(=O)(O)O)P(=O)(O)O)CC1)N(C=O)C(=O)[C@@H](N)Cc1ccc(N(CCCl)CCCl)cc1. The van der Waals surface area contributed by atoms with E-state index in [-0.39, 0.29) is 45.6 Å². The molecule has 0 aromatic heterocycles. The molecule has 43 heavy (non-hydrogen) atoms. The minimum atomic E-state index is -5.57. The third-order valence-electron chi connectivity index (χ3n) is 7.31. The molecular weight excluding hydrogens is 651 g/mol. The second-order valence-corrected chi connectivity index (χ2v) is 14.9. The Morgan fingerprint density at radius 3 is 1.98 bits per heavy atom. The summed E-state index contributed by atoms with van der Waals surface area (Å²) in [6.07, 6.45) is -0.534. The average molecular weight is 690 g/mol. The van der Waals surface area contributed by atoms with Gasteiger partial charge < -0.3 is 40.2 Å². The van der Waals surface area contributed by atoms with Gasteiger partial charge in [-0.2, -0.15) is 0 Å². The molecule has 0 spiro atoms. The van der Waals surface area contributed by atoms with E-state index in [0.717, 1.165) is 16.2 Å². The first-order valence-electron chi connectivity index (χ1n) is 13.3. The predicted octanol–water partition coefficient (Wildman–Crippen LogP) is -0.250. The number of imide groups is 1. The van der Waals surface area contributed by atoms with Crippen LogP contribution in [0.5, 0.6) is 0 Å². The molecule has 1 aliphatic rings. The zero-order valence-electron chi connectivity index (χ0n) is 23.6. The number of carbonyl (C=O) groups excluding carboxylic acids is 3. The number of nitrogens with zero attached hydrogens (tertiary/aromatic N) is 4. The van der Waals surface area contributed by atoms with Gasteiger partial charge in [-0.3, -0.25) is 33.3 Å². The Morgan fingerprint density at radius 2 is 1.53 bits per heavy atom. The van der Waals surface area contributed by atoms with Crippen molar-refractivity contribution < 1.29 is 48.2 Å². The minimum absolute atomic E-state index is 0.0944. The molecule has 244 valence electrons. The summed E-state index contributed by atoms with van der Waals surface area (Å²) >= 11 is 11.7. The van der Waals surface area contributed by atoms with Crippen LogP contribution in [0.3, 0.4) is 0 Å². The third kappa shape index (κ3) is 9.69. The molecular formula is C24H39Cl2N5O10P2.